The van der Waals surface area contributed by atoms with Crippen molar-refractivity contribution >= 4 is 15.9 Å². The predicted octanol–water partition coefficient (Wildman–Crippen LogP) is 3.58. The average molecular weight is 256 g/mol. The lowest BCUT2D eigenvalue weighted by atomic mass is 9.97. The first kappa shape index (κ1) is 11.7. The van der Waals surface area contributed by atoms with Gasteiger partial charge in [0.2, 0.25) is 0 Å². The van der Waals surface area contributed by atoms with Crippen LogP contribution in [0.2, 0.25) is 0 Å². The summed E-state index contributed by atoms with van der Waals surface area (Å²) in [6, 6.07) is 8.43. The molecule has 0 amide bonds. The Bertz CT molecular complexity index is 271. The van der Waals surface area contributed by atoms with E-state index in [0.717, 1.165) is 17.6 Å². The van der Waals surface area contributed by atoms with Crippen LogP contribution in [0.25, 0.3) is 0 Å². The maximum atomic E-state index is 3.45. The van der Waals surface area contributed by atoms with Crippen LogP contribution < -0.4 is 5.32 Å². The Morgan fingerprint density at radius 1 is 1.14 bits per heavy atom. The molecule has 1 rings (SSSR count). The fourth-order valence-electron chi connectivity index (χ4n) is 1.18. The zero-order valence-electron chi connectivity index (χ0n) is 9.10. The number of rotatable bonds is 3. The first-order valence-corrected chi connectivity index (χ1v) is 5.72. The van der Waals surface area contributed by atoms with Gasteiger partial charge in [-0.15, -0.1) is 0 Å². The average Bonchev–Trinajstić information content (AvgIpc) is 2.06. The van der Waals surface area contributed by atoms with Gasteiger partial charge in [0, 0.05) is 17.6 Å². The third kappa shape index (κ3) is 4.77. The molecule has 0 saturated heterocycles. The molecule has 0 aromatic heterocycles. The van der Waals surface area contributed by atoms with Gasteiger partial charge in [-0.05, 0) is 23.1 Å². The Kier molecular flexibility index (Phi) is 4.14. The molecule has 1 aromatic rings. The van der Waals surface area contributed by atoms with Crippen LogP contribution in [0.3, 0.4) is 0 Å². The fourth-order valence-corrected chi connectivity index (χ4v) is 1.45. The van der Waals surface area contributed by atoms with Crippen LogP contribution in [-0.2, 0) is 6.54 Å². The van der Waals surface area contributed by atoms with Crippen LogP contribution in [0.1, 0.15) is 26.3 Å². The largest absolute Gasteiger partial charge is 0.312 e. The Morgan fingerprint density at radius 2 is 1.71 bits per heavy atom. The van der Waals surface area contributed by atoms with Gasteiger partial charge in [-0.2, -0.15) is 0 Å². The van der Waals surface area contributed by atoms with Crippen molar-refractivity contribution in [2.24, 2.45) is 5.41 Å². The molecule has 0 heterocycles. The summed E-state index contributed by atoms with van der Waals surface area (Å²) in [5, 5.41) is 3.45. The van der Waals surface area contributed by atoms with Gasteiger partial charge >= 0.3 is 0 Å². The second-order valence-electron chi connectivity index (χ2n) is 4.79. The fraction of sp³-hybridized carbons (Fsp3) is 0.500. The van der Waals surface area contributed by atoms with E-state index in [2.05, 4.69) is 66.3 Å². The van der Waals surface area contributed by atoms with E-state index in [1.165, 1.54) is 5.56 Å². The lowest BCUT2D eigenvalue weighted by Crippen LogP contribution is -2.26. The van der Waals surface area contributed by atoms with Gasteiger partial charge in [0.1, 0.15) is 0 Å². The summed E-state index contributed by atoms with van der Waals surface area (Å²) in [4.78, 5) is 0. The van der Waals surface area contributed by atoms with Crippen LogP contribution in [0, 0.1) is 5.41 Å². The van der Waals surface area contributed by atoms with Gasteiger partial charge in [0.25, 0.3) is 0 Å². The third-order valence-corrected chi connectivity index (χ3v) is 2.43. The van der Waals surface area contributed by atoms with Gasteiger partial charge in [0.15, 0.2) is 0 Å². The quantitative estimate of drug-likeness (QED) is 0.871. The van der Waals surface area contributed by atoms with Gasteiger partial charge in [-0.3, -0.25) is 0 Å². The van der Waals surface area contributed by atoms with Crippen LogP contribution in [0.5, 0.6) is 0 Å². The minimum absolute atomic E-state index is 0.357. The van der Waals surface area contributed by atoms with Crippen LogP contribution in [-0.4, -0.2) is 6.54 Å². The highest BCUT2D eigenvalue weighted by molar-refractivity contribution is 9.10. The van der Waals surface area contributed by atoms with Crippen molar-refractivity contribution in [1.82, 2.24) is 5.32 Å². The van der Waals surface area contributed by atoms with Crippen molar-refractivity contribution in [3.63, 3.8) is 0 Å². The molecule has 2 heteroatoms. The number of nitrogens with one attached hydrogen (secondary N) is 1. The summed E-state index contributed by atoms with van der Waals surface area (Å²) in [5.41, 5.74) is 1.69. The third-order valence-electron chi connectivity index (χ3n) is 1.90. The molecule has 0 aliphatic heterocycles. The summed E-state index contributed by atoms with van der Waals surface area (Å²) >= 11 is 3.42. The van der Waals surface area contributed by atoms with Crippen molar-refractivity contribution in [2.75, 3.05) is 6.54 Å². The minimum atomic E-state index is 0.357. The zero-order valence-corrected chi connectivity index (χ0v) is 10.7. The van der Waals surface area contributed by atoms with Crippen LogP contribution in [0.15, 0.2) is 28.7 Å². The number of hydrogen-bond donors (Lipinski definition) is 1. The Labute approximate surface area is 95.0 Å². The molecule has 0 unspecified atom stereocenters. The topological polar surface area (TPSA) is 12.0 Å². The van der Waals surface area contributed by atoms with Crippen molar-refractivity contribution in [3.8, 4) is 0 Å². The molecule has 1 aromatic carbocycles. The summed E-state index contributed by atoms with van der Waals surface area (Å²) in [7, 11) is 0. The van der Waals surface area contributed by atoms with E-state index >= 15 is 0 Å². The highest BCUT2D eigenvalue weighted by atomic mass is 79.9. The smallest absolute Gasteiger partial charge is 0.0205 e. The first-order valence-electron chi connectivity index (χ1n) is 4.92. The molecule has 78 valence electrons. The Morgan fingerprint density at radius 3 is 2.21 bits per heavy atom. The molecule has 0 saturated carbocycles. The van der Waals surface area contributed by atoms with E-state index in [4.69, 9.17) is 0 Å². The van der Waals surface area contributed by atoms with E-state index in [9.17, 15) is 0 Å². The maximum absolute atomic E-state index is 3.45. The van der Waals surface area contributed by atoms with E-state index in [0.29, 0.717) is 5.41 Å². The molecular formula is C12H18BrN. The molecule has 0 fully saturated rings. The van der Waals surface area contributed by atoms with Crippen LogP contribution >= 0.6 is 15.9 Å². The van der Waals surface area contributed by atoms with Gasteiger partial charge in [-0.1, -0.05) is 48.8 Å². The van der Waals surface area contributed by atoms with Crippen molar-refractivity contribution in [2.45, 2.75) is 27.3 Å². The molecule has 0 radical (unpaired) electrons. The highest BCUT2D eigenvalue weighted by Crippen LogP contribution is 2.12. The molecule has 14 heavy (non-hydrogen) atoms. The lowest BCUT2D eigenvalue weighted by Gasteiger charge is -2.18. The Hall–Kier alpha value is -0.340. The summed E-state index contributed by atoms with van der Waals surface area (Å²) in [6.07, 6.45) is 0. The summed E-state index contributed by atoms with van der Waals surface area (Å²) < 4.78 is 1.14. The summed E-state index contributed by atoms with van der Waals surface area (Å²) in [5.74, 6) is 0. The first-order chi connectivity index (χ1) is 6.47. The van der Waals surface area contributed by atoms with Crippen molar-refractivity contribution in [1.29, 1.82) is 0 Å². The molecule has 0 aliphatic rings. The molecule has 0 aliphatic carbocycles. The van der Waals surface area contributed by atoms with E-state index in [1.807, 2.05) is 0 Å². The predicted molar refractivity (Wildman–Crippen MR) is 65.3 cm³/mol. The van der Waals surface area contributed by atoms with E-state index < -0.39 is 0 Å². The van der Waals surface area contributed by atoms with Gasteiger partial charge in [-0.25, -0.2) is 0 Å². The second-order valence-corrected chi connectivity index (χ2v) is 5.71. The Balaban J connectivity index is 2.35. The second kappa shape index (κ2) is 4.94. The normalized spacial score (nSPS) is 11.7. The van der Waals surface area contributed by atoms with Crippen molar-refractivity contribution < 1.29 is 0 Å². The van der Waals surface area contributed by atoms with Gasteiger partial charge < -0.3 is 5.32 Å². The van der Waals surface area contributed by atoms with Crippen molar-refractivity contribution in [3.05, 3.63) is 34.3 Å². The lowest BCUT2D eigenvalue weighted by molar-refractivity contribution is 0.379. The molecule has 0 bridgehead atoms. The highest BCUT2D eigenvalue weighted by Gasteiger charge is 2.08. The SMILES string of the molecule is CC(C)(C)CNCc1ccc(Br)cc1. The van der Waals surface area contributed by atoms with Crippen LogP contribution in [0.4, 0.5) is 0 Å². The van der Waals surface area contributed by atoms with E-state index in [1.54, 1.807) is 0 Å². The monoisotopic (exact) mass is 255 g/mol. The molecule has 0 spiro atoms. The number of benzene rings is 1. The zero-order chi connectivity index (χ0) is 10.6. The number of hydrogen-bond acceptors (Lipinski definition) is 1. The summed E-state index contributed by atoms with van der Waals surface area (Å²) in [6.45, 7) is 8.71. The molecule has 0 atom stereocenters. The minimum Gasteiger partial charge on any atom is -0.312 e. The molecular weight excluding hydrogens is 238 g/mol. The maximum Gasteiger partial charge on any atom is 0.0205 e. The number of halogens is 1. The molecule has 1 N–H and O–H groups in total. The standard InChI is InChI=1S/C12H18BrN/c1-12(2,3)9-14-8-10-4-6-11(13)7-5-10/h4-7,14H,8-9H2,1-3H3. The van der Waals surface area contributed by atoms with Gasteiger partial charge in [0.05, 0.1) is 0 Å². The van der Waals surface area contributed by atoms with E-state index in [-0.39, 0.29) is 0 Å². The molecule has 1 nitrogen and oxygen atoms in total.